The summed E-state index contributed by atoms with van der Waals surface area (Å²) in [5, 5.41) is 0. The Morgan fingerprint density at radius 2 is 1.85 bits per heavy atom. The second-order valence-corrected chi connectivity index (χ2v) is 8.27. The number of fused-ring (bicyclic) bond motifs is 5. The summed E-state index contributed by atoms with van der Waals surface area (Å²) in [6.07, 6.45) is 3.41. The Hall–Kier alpha value is -0.940. The molecule has 0 aliphatic heterocycles. The van der Waals surface area contributed by atoms with Crippen molar-refractivity contribution in [3.8, 4) is 11.5 Å². The van der Waals surface area contributed by atoms with Crippen LogP contribution in [-0.4, -0.2) is 22.6 Å². The predicted molar refractivity (Wildman–Crippen MR) is 77.4 cm³/mol. The lowest BCUT2D eigenvalue weighted by Gasteiger charge is -2.23. The van der Waals surface area contributed by atoms with Crippen molar-refractivity contribution in [2.75, 3.05) is 14.2 Å². The Morgan fingerprint density at radius 3 is 2.40 bits per heavy atom. The first-order valence-electron chi connectivity index (χ1n) is 6.64. The van der Waals surface area contributed by atoms with Gasteiger partial charge in [0.1, 0.15) is 11.5 Å². The molecule has 2 aliphatic rings. The van der Waals surface area contributed by atoms with Crippen molar-refractivity contribution < 1.29 is 17.9 Å². The Balaban J connectivity index is 2.20. The molecule has 2 atom stereocenters. The van der Waals surface area contributed by atoms with E-state index in [4.69, 9.17) is 20.2 Å². The molecule has 0 saturated heterocycles. The van der Waals surface area contributed by atoms with Gasteiger partial charge in [-0.2, -0.15) is 0 Å². The Morgan fingerprint density at radius 1 is 1.20 bits per heavy atom. The molecule has 0 N–H and O–H groups in total. The molecule has 110 valence electrons. The van der Waals surface area contributed by atoms with Crippen LogP contribution in [0.1, 0.15) is 47.8 Å². The van der Waals surface area contributed by atoms with Gasteiger partial charge in [0, 0.05) is 27.4 Å². The van der Waals surface area contributed by atoms with Crippen LogP contribution in [0.3, 0.4) is 0 Å². The minimum Gasteiger partial charge on any atom is -0.496 e. The lowest BCUT2D eigenvalue weighted by Crippen LogP contribution is -2.08. The average Bonchev–Trinajstić information content (AvgIpc) is 2.97. The van der Waals surface area contributed by atoms with Gasteiger partial charge in [0.25, 0.3) is 0 Å². The molecule has 0 heterocycles. The van der Waals surface area contributed by atoms with Crippen LogP contribution in [0.4, 0.5) is 0 Å². The van der Waals surface area contributed by atoms with E-state index in [2.05, 4.69) is 0 Å². The van der Waals surface area contributed by atoms with Crippen molar-refractivity contribution in [3.05, 3.63) is 22.8 Å². The van der Waals surface area contributed by atoms with Crippen LogP contribution in [0.2, 0.25) is 0 Å². The molecule has 0 radical (unpaired) electrons. The van der Waals surface area contributed by atoms with Crippen molar-refractivity contribution >= 4 is 19.7 Å². The summed E-state index contributed by atoms with van der Waals surface area (Å²) >= 11 is 0. The van der Waals surface area contributed by atoms with Gasteiger partial charge >= 0.3 is 0 Å². The predicted octanol–water partition coefficient (Wildman–Crippen LogP) is 3.14. The standard InChI is InChI=1S/C14H17ClO4S/c1-18-11-6-10(7-20(15,16)17)14(19-2)13-9-4-3-8(5-9)12(11)13/h6,8-9H,3-5,7H2,1-2H3. The third-order valence-corrected chi connectivity index (χ3v) is 5.38. The van der Waals surface area contributed by atoms with E-state index in [1.807, 2.05) is 0 Å². The van der Waals surface area contributed by atoms with E-state index in [0.29, 0.717) is 23.1 Å². The van der Waals surface area contributed by atoms with Crippen molar-refractivity contribution in [2.45, 2.75) is 36.9 Å². The van der Waals surface area contributed by atoms with Gasteiger partial charge in [-0.1, -0.05) is 0 Å². The third kappa shape index (κ3) is 2.17. The van der Waals surface area contributed by atoms with E-state index in [-0.39, 0.29) is 5.75 Å². The highest BCUT2D eigenvalue weighted by Crippen LogP contribution is 2.59. The lowest BCUT2D eigenvalue weighted by atomic mass is 9.88. The Kier molecular flexibility index (Phi) is 3.37. The molecule has 2 bridgehead atoms. The summed E-state index contributed by atoms with van der Waals surface area (Å²) in [5.74, 6) is 2.18. The van der Waals surface area contributed by atoms with Crippen molar-refractivity contribution in [3.63, 3.8) is 0 Å². The molecular weight excluding hydrogens is 300 g/mol. The zero-order valence-corrected chi connectivity index (χ0v) is 13.1. The summed E-state index contributed by atoms with van der Waals surface area (Å²) in [6.45, 7) is 0. The van der Waals surface area contributed by atoms with E-state index in [9.17, 15) is 8.42 Å². The number of ether oxygens (including phenoxy) is 2. The summed E-state index contributed by atoms with van der Waals surface area (Å²) in [6, 6.07) is 1.76. The molecule has 1 aromatic rings. The van der Waals surface area contributed by atoms with E-state index < -0.39 is 9.05 Å². The van der Waals surface area contributed by atoms with Crippen molar-refractivity contribution in [2.24, 2.45) is 0 Å². The molecule has 1 saturated carbocycles. The van der Waals surface area contributed by atoms with Gasteiger partial charge in [-0.3, -0.25) is 0 Å². The summed E-state index contributed by atoms with van der Waals surface area (Å²) in [7, 11) is 4.97. The average molecular weight is 317 g/mol. The smallest absolute Gasteiger partial charge is 0.236 e. The maximum atomic E-state index is 11.4. The molecule has 0 aromatic heterocycles. The number of rotatable bonds is 4. The largest absolute Gasteiger partial charge is 0.496 e. The fourth-order valence-corrected chi connectivity index (χ4v) is 4.70. The molecular formula is C14H17ClO4S. The second kappa shape index (κ2) is 4.81. The summed E-state index contributed by atoms with van der Waals surface area (Å²) in [5.41, 5.74) is 2.93. The number of hydrogen-bond donors (Lipinski definition) is 0. The van der Waals surface area contributed by atoms with Crippen molar-refractivity contribution in [1.82, 2.24) is 0 Å². The maximum Gasteiger partial charge on any atom is 0.236 e. The third-order valence-electron chi connectivity index (χ3n) is 4.40. The van der Waals surface area contributed by atoms with Crippen LogP contribution >= 0.6 is 10.7 Å². The first kappa shape index (κ1) is 14.0. The molecule has 4 nitrogen and oxygen atoms in total. The van der Waals surface area contributed by atoms with Gasteiger partial charge < -0.3 is 9.47 Å². The minimum atomic E-state index is -3.63. The summed E-state index contributed by atoms with van der Waals surface area (Å²) < 4.78 is 33.8. The van der Waals surface area contributed by atoms with Gasteiger partial charge in [0.15, 0.2) is 0 Å². The highest BCUT2D eigenvalue weighted by atomic mass is 35.7. The molecule has 20 heavy (non-hydrogen) atoms. The quantitative estimate of drug-likeness (QED) is 0.801. The highest BCUT2D eigenvalue weighted by molar-refractivity contribution is 8.13. The Labute approximate surface area is 123 Å². The van der Waals surface area contributed by atoms with Crippen LogP contribution in [-0.2, 0) is 14.8 Å². The topological polar surface area (TPSA) is 52.6 Å². The minimum absolute atomic E-state index is 0.237. The van der Waals surface area contributed by atoms with E-state index in [0.717, 1.165) is 24.2 Å². The zero-order chi connectivity index (χ0) is 14.5. The normalized spacial score (nSPS) is 23.8. The monoisotopic (exact) mass is 316 g/mol. The molecule has 0 spiro atoms. The fraction of sp³-hybridized carbons (Fsp3) is 0.571. The van der Waals surface area contributed by atoms with Gasteiger partial charge in [0.2, 0.25) is 9.05 Å². The molecule has 0 amide bonds. The van der Waals surface area contributed by atoms with E-state index in [1.54, 1.807) is 20.3 Å². The molecule has 1 aromatic carbocycles. The van der Waals surface area contributed by atoms with Crippen LogP contribution in [0.15, 0.2) is 6.07 Å². The first-order chi connectivity index (χ1) is 9.44. The number of hydrogen-bond acceptors (Lipinski definition) is 4. The molecule has 2 unspecified atom stereocenters. The van der Waals surface area contributed by atoms with E-state index in [1.165, 1.54) is 12.0 Å². The molecule has 6 heteroatoms. The van der Waals surface area contributed by atoms with Crippen LogP contribution in [0, 0.1) is 0 Å². The number of benzene rings is 1. The van der Waals surface area contributed by atoms with Crippen LogP contribution in [0.5, 0.6) is 11.5 Å². The van der Waals surface area contributed by atoms with Gasteiger partial charge in [-0.05, 0) is 37.2 Å². The molecule has 3 rings (SSSR count). The van der Waals surface area contributed by atoms with Crippen LogP contribution in [0.25, 0.3) is 0 Å². The molecule has 2 aliphatic carbocycles. The zero-order valence-electron chi connectivity index (χ0n) is 11.5. The summed E-state index contributed by atoms with van der Waals surface area (Å²) in [4.78, 5) is 0. The van der Waals surface area contributed by atoms with E-state index >= 15 is 0 Å². The fourth-order valence-electron chi connectivity index (χ4n) is 3.76. The number of halogens is 1. The maximum absolute atomic E-state index is 11.4. The van der Waals surface area contributed by atoms with Gasteiger partial charge in [0.05, 0.1) is 20.0 Å². The van der Waals surface area contributed by atoms with Gasteiger partial charge in [-0.25, -0.2) is 8.42 Å². The Bertz CT molecular complexity index is 654. The lowest BCUT2D eigenvalue weighted by molar-refractivity contribution is 0.388. The highest BCUT2D eigenvalue weighted by Gasteiger charge is 2.42. The van der Waals surface area contributed by atoms with Gasteiger partial charge in [-0.15, -0.1) is 0 Å². The van der Waals surface area contributed by atoms with Crippen molar-refractivity contribution in [1.29, 1.82) is 0 Å². The molecule has 1 fully saturated rings. The number of methoxy groups -OCH3 is 2. The van der Waals surface area contributed by atoms with Crippen LogP contribution < -0.4 is 9.47 Å². The first-order valence-corrected chi connectivity index (χ1v) is 9.12. The SMILES string of the molecule is COc1cc(CS(=O)(=O)Cl)c(OC)c2c1C1CCC2C1. The second-order valence-electron chi connectivity index (χ2n) is 5.49.